The molecular weight excluding hydrogens is 254 g/mol. The third kappa shape index (κ3) is 2.55. The fourth-order valence-electron chi connectivity index (χ4n) is 3.51. The predicted octanol–water partition coefficient (Wildman–Crippen LogP) is 0.733. The average Bonchev–Trinajstić information content (AvgIpc) is 2.36. The zero-order chi connectivity index (χ0) is 15.1. The molecule has 0 aromatic carbocycles. The zero-order valence-corrected chi connectivity index (χ0v) is 13.0. The van der Waals surface area contributed by atoms with Gasteiger partial charge in [0.2, 0.25) is 11.8 Å². The SMILES string of the molecule is CC1CC(C)C(C(=O)N2CCNC(=O)C2(C)C)CC1N. The minimum absolute atomic E-state index is 0.0497. The number of hydrogen-bond donors (Lipinski definition) is 2. The highest BCUT2D eigenvalue weighted by Crippen LogP contribution is 2.35. The molecule has 4 atom stereocenters. The van der Waals surface area contributed by atoms with Crippen LogP contribution in [-0.2, 0) is 9.59 Å². The van der Waals surface area contributed by atoms with Gasteiger partial charge < -0.3 is 16.0 Å². The van der Waals surface area contributed by atoms with Crippen LogP contribution in [-0.4, -0.2) is 41.4 Å². The monoisotopic (exact) mass is 281 g/mol. The molecule has 1 aliphatic carbocycles. The standard InChI is InChI=1S/C15H27N3O2/c1-9-7-10(2)12(16)8-11(9)13(19)18-6-5-17-14(20)15(18,3)4/h9-12H,5-8,16H2,1-4H3,(H,17,20). The Bertz CT molecular complexity index is 408. The largest absolute Gasteiger partial charge is 0.352 e. The summed E-state index contributed by atoms with van der Waals surface area (Å²) < 4.78 is 0. The van der Waals surface area contributed by atoms with Crippen LogP contribution in [0.4, 0.5) is 0 Å². The molecule has 2 amide bonds. The molecule has 0 bridgehead atoms. The first-order valence-corrected chi connectivity index (χ1v) is 7.60. The molecular formula is C15H27N3O2. The molecule has 3 N–H and O–H groups in total. The van der Waals surface area contributed by atoms with Crippen molar-refractivity contribution >= 4 is 11.8 Å². The second-order valence-corrected chi connectivity index (χ2v) is 7.00. The van der Waals surface area contributed by atoms with Crippen LogP contribution in [0.5, 0.6) is 0 Å². The molecule has 114 valence electrons. The summed E-state index contributed by atoms with van der Waals surface area (Å²) in [6.45, 7) is 9.04. The predicted molar refractivity (Wildman–Crippen MR) is 77.8 cm³/mol. The summed E-state index contributed by atoms with van der Waals surface area (Å²) in [5.74, 6) is 0.772. The van der Waals surface area contributed by atoms with Gasteiger partial charge in [-0.15, -0.1) is 0 Å². The minimum Gasteiger partial charge on any atom is -0.352 e. The van der Waals surface area contributed by atoms with Gasteiger partial charge in [0.25, 0.3) is 0 Å². The summed E-state index contributed by atoms with van der Waals surface area (Å²) >= 11 is 0. The number of piperazine rings is 1. The van der Waals surface area contributed by atoms with E-state index in [0.717, 1.165) is 12.8 Å². The molecule has 1 heterocycles. The molecule has 5 heteroatoms. The van der Waals surface area contributed by atoms with Crippen molar-refractivity contribution in [2.45, 2.75) is 52.1 Å². The van der Waals surface area contributed by atoms with E-state index in [-0.39, 0.29) is 23.8 Å². The summed E-state index contributed by atoms with van der Waals surface area (Å²) in [6, 6.07) is 0.0851. The highest BCUT2D eigenvalue weighted by atomic mass is 16.2. The van der Waals surface area contributed by atoms with Gasteiger partial charge in [-0.1, -0.05) is 13.8 Å². The highest BCUT2D eigenvalue weighted by molar-refractivity contribution is 5.92. The number of carbonyl (C=O) groups excluding carboxylic acids is 2. The van der Waals surface area contributed by atoms with Crippen molar-refractivity contribution in [2.24, 2.45) is 23.5 Å². The first-order chi connectivity index (χ1) is 9.25. The quantitative estimate of drug-likeness (QED) is 0.744. The van der Waals surface area contributed by atoms with Crippen LogP contribution in [0, 0.1) is 17.8 Å². The first kappa shape index (κ1) is 15.3. The molecule has 1 saturated heterocycles. The number of rotatable bonds is 1. The maximum Gasteiger partial charge on any atom is 0.245 e. The molecule has 2 rings (SSSR count). The second kappa shape index (κ2) is 5.35. The topological polar surface area (TPSA) is 75.4 Å². The Balaban J connectivity index is 2.16. The van der Waals surface area contributed by atoms with Gasteiger partial charge >= 0.3 is 0 Å². The van der Waals surface area contributed by atoms with Gasteiger partial charge in [0.05, 0.1) is 0 Å². The van der Waals surface area contributed by atoms with E-state index in [9.17, 15) is 9.59 Å². The molecule has 2 fully saturated rings. The van der Waals surface area contributed by atoms with Crippen LogP contribution in [0.2, 0.25) is 0 Å². The van der Waals surface area contributed by atoms with Gasteiger partial charge in [0.1, 0.15) is 5.54 Å². The highest BCUT2D eigenvalue weighted by Gasteiger charge is 2.45. The third-order valence-corrected chi connectivity index (χ3v) is 5.12. The number of carbonyl (C=O) groups is 2. The van der Waals surface area contributed by atoms with Crippen LogP contribution in [0.25, 0.3) is 0 Å². The number of nitrogens with two attached hydrogens (primary N) is 1. The Kier molecular flexibility index (Phi) is 4.09. The van der Waals surface area contributed by atoms with Crippen molar-refractivity contribution in [3.8, 4) is 0 Å². The van der Waals surface area contributed by atoms with E-state index in [1.165, 1.54) is 0 Å². The molecule has 20 heavy (non-hydrogen) atoms. The lowest BCUT2D eigenvalue weighted by Gasteiger charge is -2.45. The van der Waals surface area contributed by atoms with Crippen molar-refractivity contribution in [2.75, 3.05) is 13.1 Å². The van der Waals surface area contributed by atoms with Gasteiger partial charge in [-0.3, -0.25) is 9.59 Å². The zero-order valence-electron chi connectivity index (χ0n) is 13.0. The van der Waals surface area contributed by atoms with Crippen molar-refractivity contribution in [3.05, 3.63) is 0 Å². The van der Waals surface area contributed by atoms with E-state index in [1.54, 1.807) is 4.90 Å². The molecule has 2 aliphatic rings. The third-order valence-electron chi connectivity index (χ3n) is 5.12. The van der Waals surface area contributed by atoms with Crippen LogP contribution < -0.4 is 11.1 Å². The molecule has 1 saturated carbocycles. The summed E-state index contributed by atoms with van der Waals surface area (Å²) in [5, 5.41) is 2.83. The van der Waals surface area contributed by atoms with Gasteiger partial charge in [0, 0.05) is 25.0 Å². The molecule has 0 aromatic heterocycles. The maximum absolute atomic E-state index is 12.9. The molecule has 0 aromatic rings. The van der Waals surface area contributed by atoms with Crippen LogP contribution in [0.15, 0.2) is 0 Å². The number of nitrogens with one attached hydrogen (secondary N) is 1. The van der Waals surface area contributed by atoms with E-state index < -0.39 is 5.54 Å². The van der Waals surface area contributed by atoms with Gasteiger partial charge in [-0.25, -0.2) is 0 Å². The smallest absolute Gasteiger partial charge is 0.245 e. The van der Waals surface area contributed by atoms with E-state index in [0.29, 0.717) is 24.9 Å². The lowest BCUT2D eigenvalue weighted by Crippen LogP contribution is -2.65. The van der Waals surface area contributed by atoms with Crippen molar-refractivity contribution in [1.82, 2.24) is 10.2 Å². The van der Waals surface area contributed by atoms with Crippen molar-refractivity contribution in [3.63, 3.8) is 0 Å². The molecule has 4 unspecified atom stereocenters. The molecule has 0 radical (unpaired) electrons. The average molecular weight is 281 g/mol. The summed E-state index contributed by atoms with van der Waals surface area (Å²) in [4.78, 5) is 26.6. The van der Waals surface area contributed by atoms with Gasteiger partial charge in [-0.2, -0.15) is 0 Å². The van der Waals surface area contributed by atoms with Crippen LogP contribution in [0.1, 0.15) is 40.5 Å². The minimum atomic E-state index is -0.762. The number of amides is 2. The Labute approximate surface area is 121 Å². The second-order valence-electron chi connectivity index (χ2n) is 7.00. The van der Waals surface area contributed by atoms with Crippen molar-refractivity contribution in [1.29, 1.82) is 0 Å². The Hall–Kier alpha value is -1.10. The fraction of sp³-hybridized carbons (Fsp3) is 0.867. The van der Waals surface area contributed by atoms with Gasteiger partial charge in [0.15, 0.2) is 0 Å². The summed E-state index contributed by atoms with van der Waals surface area (Å²) in [6.07, 6.45) is 1.72. The van der Waals surface area contributed by atoms with Crippen LogP contribution in [0.3, 0.4) is 0 Å². The maximum atomic E-state index is 12.9. The Morgan fingerprint density at radius 1 is 1.30 bits per heavy atom. The normalized spacial score (nSPS) is 37.5. The van der Waals surface area contributed by atoms with Crippen LogP contribution >= 0.6 is 0 Å². The lowest BCUT2D eigenvalue weighted by molar-refractivity contribution is -0.154. The van der Waals surface area contributed by atoms with Crippen molar-refractivity contribution < 1.29 is 9.59 Å². The number of nitrogens with zero attached hydrogens (tertiary/aromatic N) is 1. The summed E-state index contributed by atoms with van der Waals surface area (Å²) in [7, 11) is 0. The van der Waals surface area contributed by atoms with E-state index >= 15 is 0 Å². The van der Waals surface area contributed by atoms with E-state index in [4.69, 9.17) is 5.73 Å². The summed E-state index contributed by atoms with van der Waals surface area (Å²) in [5.41, 5.74) is 5.38. The number of hydrogen-bond acceptors (Lipinski definition) is 3. The van der Waals surface area contributed by atoms with E-state index in [1.807, 2.05) is 13.8 Å². The molecule has 0 spiro atoms. The first-order valence-electron chi connectivity index (χ1n) is 7.60. The van der Waals surface area contributed by atoms with E-state index in [2.05, 4.69) is 19.2 Å². The lowest BCUT2D eigenvalue weighted by atomic mass is 9.72. The molecule has 1 aliphatic heterocycles. The Morgan fingerprint density at radius 3 is 2.60 bits per heavy atom. The van der Waals surface area contributed by atoms with Gasteiger partial charge in [-0.05, 0) is 38.5 Å². The Morgan fingerprint density at radius 2 is 1.95 bits per heavy atom. The molecule has 5 nitrogen and oxygen atoms in total. The fourth-order valence-corrected chi connectivity index (χ4v) is 3.51.